The van der Waals surface area contributed by atoms with Crippen LogP contribution in [0.2, 0.25) is 0 Å². The molecule has 126 valence electrons. The minimum Gasteiger partial charge on any atom is -0.351 e. The van der Waals surface area contributed by atoms with Crippen LogP contribution < -0.4 is 10.2 Å². The summed E-state index contributed by atoms with van der Waals surface area (Å²) in [5.41, 5.74) is 0.806. The number of hydrogen-bond acceptors (Lipinski definition) is 6. The van der Waals surface area contributed by atoms with Gasteiger partial charge < -0.3 is 15.1 Å². The maximum absolute atomic E-state index is 11.9. The van der Waals surface area contributed by atoms with E-state index < -0.39 is 0 Å². The number of anilines is 1. The lowest BCUT2D eigenvalue weighted by atomic mass is 10.2. The van der Waals surface area contributed by atoms with Crippen LogP contribution in [0, 0.1) is 0 Å². The zero-order valence-corrected chi connectivity index (χ0v) is 14.4. The van der Waals surface area contributed by atoms with Gasteiger partial charge in [-0.2, -0.15) is 0 Å². The van der Waals surface area contributed by atoms with Crippen molar-refractivity contribution in [1.82, 2.24) is 25.1 Å². The fraction of sp³-hybridized carbons (Fsp3) is 0.562. The van der Waals surface area contributed by atoms with Crippen LogP contribution in [0.5, 0.6) is 0 Å². The summed E-state index contributed by atoms with van der Waals surface area (Å²) in [4.78, 5) is 26.8. The number of nitrogens with zero attached hydrogens (tertiary/aromatic N) is 5. The topological polar surface area (TPSA) is 64.6 Å². The molecule has 1 unspecified atom stereocenters. The Labute approximate surface area is 138 Å². The van der Waals surface area contributed by atoms with E-state index in [1.54, 1.807) is 18.5 Å². The van der Waals surface area contributed by atoms with Gasteiger partial charge in [0.15, 0.2) is 0 Å². The number of aromatic nitrogens is 2. The molecule has 1 N–H and O–H groups in total. The first-order chi connectivity index (χ1) is 11.0. The van der Waals surface area contributed by atoms with Crippen molar-refractivity contribution in [3.05, 3.63) is 24.0 Å². The molecule has 1 atom stereocenters. The van der Waals surface area contributed by atoms with E-state index in [0.717, 1.165) is 25.2 Å². The van der Waals surface area contributed by atoms with Gasteiger partial charge in [0.25, 0.3) is 0 Å². The number of carbonyl (C=O) groups is 1. The van der Waals surface area contributed by atoms with E-state index in [1.807, 2.05) is 19.0 Å². The van der Waals surface area contributed by atoms with Crippen molar-refractivity contribution >= 4 is 17.9 Å². The van der Waals surface area contributed by atoms with Gasteiger partial charge in [0, 0.05) is 70.3 Å². The van der Waals surface area contributed by atoms with Crippen molar-refractivity contribution in [3.8, 4) is 0 Å². The predicted molar refractivity (Wildman–Crippen MR) is 92.3 cm³/mol. The fourth-order valence-electron chi connectivity index (χ4n) is 2.42. The number of piperazine rings is 1. The lowest BCUT2D eigenvalue weighted by Crippen LogP contribution is -2.54. The molecule has 1 fully saturated rings. The Kier molecular flexibility index (Phi) is 6.06. The normalized spacial score (nSPS) is 19.9. The summed E-state index contributed by atoms with van der Waals surface area (Å²) in [7, 11) is 7.98. The van der Waals surface area contributed by atoms with Crippen molar-refractivity contribution in [2.75, 3.05) is 59.3 Å². The largest absolute Gasteiger partial charge is 0.351 e. The van der Waals surface area contributed by atoms with Crippen LogP contribution in [0.3, 0.4) is 0 Å². The molecule has 0 aliphatic carbocycles. The fourth-order valence-corrected chi connectivity index (χ4v) is 2.42. The molecule has 23 heavy (non-hydrogen) atoms. The number of carbonyl (C=O) groups excluding carboxylic acids is 1. The van der Waals surface area contributed by atoms with Gasteiger partial charge in [-0.15, -0.1) is 0 Å². The van der Waals surface area contributed by atoms with Crippen molar-refractivity contribution < 1.29 is 4.79 Å². The second-order valence-electron chi connectivity index (χ2n) is 6.19. The van der Waals surface area contributed by atoms with Gasteiger partial charge in [-0.25, -0.2) is 9.97 Å². The first-order valence-corrected chi connectivity index (χ1v) is 7.80. The average Bonchev–Trinajstić information content (AvgIpc) is 2.54. The molecule has 1 aromatic rings. The van der Waals surface area contributed by atoms with Crippen LogP contribution in [0.25, 0.3) is 6.08 Å². The molecule has 1 aromatic heterocycles. The van der Waals surface area contributed by atoms with Gasteiger partial charge in [0.2, 0.25) is 11.9 Å². The molecule has 2 heterocycles. The van der Waals surface area contributed by atoms with Gasteiger partial charge in [-0.05, 0) is 20.2 Å². The molecule has 1 amide bonds. The van der Waals surface area contributed by atoms with Crippen LogP contribution in [0.15, 0.2) is 18.5 Å². The Morgan fingerprint density at radius 3 is 2.70 bits per heavy atom. The third-order valence-corrected chi connectivity index (χ3v) is 3.98. The Bertz CT molecular complexity index is 542. The Balaban J connectivity index is 1.81. The number of hydrogen-bond donors (Lipinski definition) is 1. The molecule has 0 bridgehead atoms. The zero-order chi connectivity index (χ0) is 16.8. The molecule has 0 radical (unpaired) electrons. The van der Waals surface area contributed by atoms with E-state index in [0.29, 0.717) is 18.5 Å². The van der Waals surface area contributed by atoms with E-state index in [9.17, 15) is 4.79 Å². The summed E-state index contributed by atoms with van der Waals surface area (Å²) >= 11 is 0. The summed E-state index contributed by atoms with van der Waals surface area (Å²) < 4.78 is 0. The minimum atomic E-state index is -0.0942. The Morgan fingerprint density at radius 1 is 1.35 bits per heavy atom. The van der Waals surface area contributed by atoms with E-state index >= 15 is 0 Å². The van der Waals surface area contributed by atoms with Gasteiger partial charge in [-0.1, -0.05) is 0 Å². The standard InChI is InChI=1S/C16H26N6O/c1-20(2)16-18-9-13(10-19-16)5-6-15(23)17-11-14-12-21(3)7-8-22(14)4/h5-6,9-10,14H,7-8,11-12H2,1-4H3,(H,17,23)/b6-5+. The molecule has 7 nitrogen and oxygen atoms in total. The SMILES string of the molecule is CN1CCN(C)C(CNC(=O)/C=C/c2cnc(N(C)C)nc2)C1. The van der Waals surface area contributed by atoms with Gasteiger partial charge in [0.1, 0.15) is 0 Å². The number of nitrogens with one attached hydrogen (secondary N) is 1. The van der Waals surface area contributed by atoms with Crippen molar-refractivity contribution in [2.24, 2.45) is 0 Å². The molecular weight excluding hydrogens is 292 g/mol. The Morgan fingerprint density at radius 2 is 2.04 bits per heavy atom. The van der Waals surface area contributed by atoms with Crippen LogP contribution in [-0.2, 0) is 4.79 Å². The zero-order valence-electron chi connectivity index (χ0n) is 14.4. The molecule has 1 aliphatic heterocycles. The predicted octanol–water partition coefficient (Wildman–Crippen LogP) is -0.0822. The molecule has 0 saturated carbocycles. The lowest BCUT2D eigenvalue weighted by molar-refractivity contribution is -0.116. The Hall–Kier alpha value is -1.99. The number of rotatable bonds is 5. The first-order valence-electron chi connectivity index (χ1n) is 7.80. The summed E-state index contributed by atoms with van der Waals surface area (Å²) in [5.74, 6) is 0.555. The maximum Gasteiger partial charge on any atom is 0.244 e. The molecule has 1 saturated heterocycles. The monoisotopic (exact) mass is 318 g/mol. The summed E-state index contributed by atoms with van der Waals surface area (Å²) in [6.45, 7) is 3.73. The minimum absolute atomic E-state index is 0.0942. The van der Waals surface area contributed by atoms with Crippen molar-refractivity contribution in [1.29, 1.82) is 0 Å². The molecule has 0 spiro atoms. The van der Waals surface area contributed by atoms with Gasteiger partial charge in [0.05, 0.1) is 0 Å². The molecule has 7 heteroatoms. The molecule has 1 aliphatic rings. The van der Waals surface area contributed by atoms with E-state index in [2.05, 4.69) is 39.2 Å². The third kappa shape index (κ3) is 5.30. The van der Waals surface area contributed by atoms with E-state index in [4.69, 9.17) is 0 Å². The van der Waals surface area contributed by atoms with Crippen molar-refractivity contribution in [2.45, 2.75) is 6.04 Å². The van der Waals surface area contributed by atoms with Crippen LogP contribution in [0.1, 0.15) is 5.56 Å². The molecular formula is C16H26N6O. The highest BCUT2D eigenvalue weighted by molar-refractivity contribution is 5.91. The summed E-state index contributed by atoms with van der Waals surface area (Å²) in [6.07, 6.45) is 6.66. The third-order valence-electron chi connectivity index (χ3n) is 3.98. The second-order valence-corrected chi connectivity index (χ2v) is 6.19. The maximum atomic E-state index is 11.9. The summed E-state index contributed by atoms with van der Waals surface area (Å²) in [5, 5.41) is 2.96. The van der Waals surface area contributed by atoms with Crippen LogP contribution >= 0.6 is 0 Å². The van der Waals surface area contributed by atoms with Gasteiger partial charge >= 0.3 is 0 Å². The molecule has 2 rings (SSSR count). The number of likely N-dealkylation sites (N-methyl/N-ethyl adjacent to an activating group) is 2. The second kappa shape index (κ2) is 8.03. The van der Waals surface area contributed by atoms with Crippen LogP contribution in [-0.4, -0.2) is 86.1 Å². The smallest absolute Gasteiger partial charge is 0.244 e. The average molecular weight is 318 g/mol. The first kappa shape index (κ1) is 17.4. The highest BCUT2D eigenvalue weighted by Crippen LogP contribution is 2.06. The van der Waals surface area contributed by atoms with E-state index in [1.165, 1.54) is 6.08 Å². The summed E-state index contributed by atoms with van der Waals surface area (Å²) in [6, 6.07) is 0.355. The quantitative estimate of drug-likeness (QED) is 0.766. The number of amides is 1. The van der Waals surface area contributed by atoms with Gasteiger partial charge in [-0.3, -0.25) is 9.69 Å². The lowest BCUT2D eigenvalue weighted by Gasteiger charge is -2.37. The van der Waals surface area contributed by atoms with Crippen molar-refractivity contribution in [3.63, 3.8) is 0 Å². The highest BCUT2D eigenvalue weighted by atomic mass is 16.1. The highest BCUT2D eigenvalue weighted by Gasteiger charge is 2.21. The van der Waals surface area contributed by atoms with Crippen LogP contribution in [0.4, 0.5) is 5.95 Å². The molecule has 0 aromatic carbocycles. The van der Waals surface area contributed by atoms with E-state index in [-0.39, 0.29) is 5.91 Å².